The maximum Gasteiger partial charge on any atom is 0.348 e. The van der Waals surface area contributed by atoms with Gasteiger partial charge in [0.1, 0.15) is 27.9 Å². The lowest BCUT2D eigenvalue weighted by atomic mass is 10.2. The van der Waals surface area contributed by atoms with E-state index in [0.717, 1.165) is 11.3 Å². The number of methoxy groups -OCH3 is 1. The number of hydrogen-bond donors (Lipinski definition) is 1. The molecule has 0 spiro atoms. The van der Waals surface area contributed by atoms with Crippen LogP contribution in [-0.4, -0.2) is 41.6 Å². The van der Waals surface area contributed by atoms with E-state index >= 15 is 0 Å². The van der Waals surface area contributed by atoms with Crippen LogP contribution in [0.4, 0.5) is 0 Å². The number of aryl methyl sites for hydroxylation is 1. The highest BCUT2D eigenvalue weighted by Gasteiger charge is 2.20. The SMILES string of the molecule is C=CCOc1ccc(CN(C)Cc2nc3sc(C(=O)OC)c(C)c3c(=O)[nH]2)cc1. The number of thiophene rings is 1. The van der Waals surface area contributed by atoms with Crippen LogP contribution in [-0.2, 0) is 17.8 Å². The van der Waals surface area contributed by atoms with Gasteiger partial charge in [0.2, 0.25) is 0 Å². The van der Waals surface area contributed by atoms with Crippen LogP contribution in [0, 0.1) is 6.92 Å². The molecule has 0 bridgehead atoms. The van der Waals surface area contributed by atoms with Gasteiger partial charge in [-0.25, -0.2) is 9.78 Å². The first-order valence-electron chi connectivity index (χ1n) is 9.04. The predicted octanol–water partition coefficient (Wildman–Crippen LogP) is 3.28. The van der Waals surface area contributed by atoms with E-state index in [1.807, 2.05) is 36.2 Å². The lowest BCUT2D eigenvalue weighted by Gasteiger charge is -2.16. The monoisotopic (exact) mass is 413 g/mol. The summed E-state index contributed by atoms with van der Waals surface area (Å²) in [5, 5.41) is 0.442. The van der Waals surface area contributed by atoms with Gasteiger partial charge in [-0.05, 0) is 37.2 Å². The summed E-state index contributed by atoms with van der Waals surface area (Å²) in [6.45, 7) is 6.98. The summed E-state index contributed by atoms with van der Waals surface area (Å²) >= 11 is 1.18. The Morgan fingerprint density at radius 2 is 2.03 bits per heavy atom. The lowest BCUT2D eigenvalue weighted by Crippen LogP contribution is -2.21. The second kappa shape index (κ2) is 9.02. The fourth-order valence-electron chi connectivity index (χ4n) is 3.02. The Labute approximate surface area is 172 Å². The van der Waals surface area contributed by atoms with Gasteiger partial charge in [0.25, 0.3) is 5.56 Å². The minimum atomic E-state index is -0.455. The van der Waals surface area contributed by atoms with E-state index in [2.05, 4.69) is 16.5 Å². The second-order valence-electron chi connectivity index (χ2n) is 6.66. The van der Waals surface area contributed by atoms with Gasteiger partial charge in [-0.3, -0.25) is 9.69 Å². The van der Waals surface area contributed by atoms with Gasteiger partial charge in [-0.15, -0.1) is 11.3 Å². The van der Waals surface area contributed by atoms with Gasteiger partial charge < -0.3 is 14.5 Å². The number of nitrogens with zero attached hydrogens (tertiary/aromatic N) is 2. The first-order chi connectivity index (χ1) is 13.9. The van der Waals surface area contributed by atoms with Crippen molar-refractivity contribution in [2.75, 3.05) is 20.8 Å². The summed E-state index contributed by atoms with van der Waals surface area (Å²) in [5.41, 5.74) is 1.47. The van der Waals surface area contributed by atoms with Gasteiger partial charge in [0.15, 0.2) is 0 Å². The number of benzene rings is 1. The highest BCUT2D eigenvalue weighted by atomic mass is 32.1. The van der Waals surface area contributed by atoms with Gasteiger partial charge in [-0.2, -0.15) is 0 Å². The Morgan fingerprint density at radius 3 is 2.69 bits per heavy atom. The summed E-state index contributed by atoms with van der Waals surface area (Å²) in [6, 6.07) is 7.84. The smallest absolute Gasteiger partial charge is 0.348 e. The van der Waals surface area contributed by atoms with Crippen LogP contribution in [0.3, 0.4) is 0 Å². The molecule has 152 valence electrons. The Balaban J connectivity index is 1.74. The molecule has 8 heteroatoms. The number of ether oxygens (including phenoxy) is 2. The highest BCUT2D eigenvalue weighted by Crippen LogP contribution is 2.27. The summed E-state index contributed by atoms with van der Waals surface area (Å²) in [5.74, 6) is 0.889. The molecule has 0 aliphatic carbocycles. The molecule has 0 fully saturated rings. The fraction of sp³-hybridized carbons (Fsp3) is 0.286. The van der Waals surface area contributed by atoms with E-state index in [0.29, 0.717) is 46.2 Å². The maximum absolute atomic E-state index is 12.5. The molecule has 7 nitrogen and oxygen atoms in total. The molecular weight excluding hydrogens is 390 g/mol. The van der Waals surface area contributed by atoms with Crippen LogP contribution < -0.4 is 10.3 Å². The van der Waals surface area contributed by atoms with Crippen molar-refractivity contribution < 1.29 is 14.3 Å². The predicted molar refractivity (Wildman–Crippen MR) is 114 cm³/mol. The van der Waals surface area contributed by atoms with E-state index in [9.17, 15) is 9.59 Å². The zero-order valence-electron chi connectivity index (χ0n) is 16.7. The summed E-state index contributed by atoms with van der Waals surface area (Å²) in [4.78, 5) is 34.8. The number of carbonyl (C=O) groups excluding carboxylic acids is 1. The Morgan fingerprint density at radius 1 is 1.31 bits per heavy atom. The van der Waals surface area contributed by atoms with Crippen LogP contribution in [0.5, 0.6) is 5.75 Å². The van der Waals surface area contributed by atoms with Gasteiger partial charge in [0.05, 0.1) is 19.0 Å². The first kappa shape index (κ1) is 20.8. The molecular formula is C21H23N3O4S. The van der Waals surface area contributed by atoms with Crippen molar-refractivity contribution in [3.8, 4) is 5.75 Å². The van der Waals surface area contributed by atoms with Gasteiger partial charge in [-0.1, -0.05) is 24.8 Å². The molecule has 3 aromatic rings. The molecule has 0 saturated heterocycles. The Bertz CT molecular complexity index is 1090. The first-order valence-corrected chi connectivity index (χ1v) is 9.86. The molecule has 0 saturated carbocycles. The fourth-order valence-corrected chi connectivity index (χ4v) is 4.14. The van der Waals surface area contributed by atoms with Crippen molar-refractivity contribution in [3.05, 3.63) is 69.1 Å². The number of aromatic amines is 1. The standard InChI is InChI=1S/C21H23N3O4S/c1-5-10-28-15-8-6-14(7-9-15)11-24(3)12-16-22-19(25)17-13(2)18(21(26)27-4)29-20(17)23-16/h5-9H,1,10-12H2,2-4H3,(H,22,23,25). The van der Waals surface area contributed by atoms with E-state index in [1.54, 1.807) is 13.0 Å². The molecule has 2 heterocycles. The number of rotatable bonds is 8. The molecule has 0 aliphatic rings. The third-order valence-corrected chi connectivity index (χ3v) is 5.55. The summed E-state index contributed by atoms with van der Waals surface area (Å²) in [6.07, 6.45) is 1.70. The van der Waals surface area contributed by atoms with E-state index in [4.69, 9.17) is 9.47 Å². The van der Waals surface area contributed by atoms with Gasteiger partial charge >= 0.3 is 5.97 Å². The Hall–Kier alpha value is -2.97. The average molecular weight is 413 g/mol. The average Bonchev–Trinajstić information content (AvgIpc) is 3.03. The highest BCUT2D eigenvalue weighted by molar-refractivity contribution is 7.20. The van der Waals surface area contributed by atoms with E-state index in [1.165, 1.54) is 18.4 Å². The maximum atomic E-state index is 12.5. The molecule has 29 heavy (non-hydrogen) atoms. The van der Waals surface area contributed by atoms with Crippen LogP contribution >= 0.6 is 11.3 Å². The largest absolute Gasteiger partial charge is 0.490 e. The van der Waals surface area contributed by atoms with Crippen LogP contribution in [0.15, 0.2) is 41.7 Å². The molecule has 3 rings (SSSR count). The molecule has 1 aromatic carbocycles. The van der Waals surface area contributed by atoms with Crippen LogP contribution in [0.1, 0.15) is 26.6 Å². The van der Waals surface area contributed by atoms with Crippen molar-refractivity contribution in [3.63, 3.8) is 0 Å². The zero-order chi connectivity index (χ0) is 21.0. The normalized spacial score (nSPS) is 11.0. The number of hydrogen-bond acceptors (Lipinski definition) is 7. The summed E-state index contributed by atoms with van der Waals surface area (Å²) in [7, 11) is 3.27. The number of carbonyl (C=O) groups is 1. The van der Waals surface area contributed by atoms with Crippen LogP contribution in [0.25, 0.3) is 10.2 Å². The van der Waals surface area contributed by atoms with Crippen molar-refractivity contribution >= 4 is 27.5 Å². The molecule has 0 amide bonds. The quantitative estimate of drug-likeness (QED) is 0.451. The molecule has 2 aromatic heterocycles. The van der Waals surface area contributed by atoms with E-state index in [-0.39, 0.29) is 5.56 Å². The number of H-pyrrole nitrogens is 1. The number of nitrogens with one attached hydrogen (secondary N) is 1. The van der Waals surface area contributed by atoms with Crippen molar-refractivity contribution in [1.82, 2.24) is 14.9 Å². The zero-order valence-corrected chi connectivity index (χ0v) is 17.5. The molecule has 0 radical (unpaired) electrons. The minimum absolute atomic E-state index is 0.244. The van der Waals surface area contributed by atoms with Crippen molar-refractivity contribution in [2.24, 2.45) is 0 Å². The second-order valence-corrected chi connectivity index (χ2v) is 7.66. The topological polar surface area (TPSA) is 84.5 Å². The van der Waals surface area contributed by atoms with Crippen molar-refractivity contribution in [2.45, 2.75) is 20.0 Å². The molecule has 0 aliphatic heterocycles. The van der Waals surface area contributed by atoms with Gasteiger partial charge in [0, 0.05) is 6.54 Å². The lowest BCUT2D eigenvalue weighted by molar-refractivity contribution is 0.0605. The van der Waals surface area contributed by atoms with Crippen molar-refractivity contribution in [1.29, 1.82) is 0 Å². The molecule has 0 atom stereocenters. The summed E-state index contributed by atoms with van der Waals surface area (Å²) < 4.78 is 10.3. The molecule has 1 N–H and O–H groups in total. The Kier molecular flexibility index (Phi) is 6.46. The minimum Gasteiger partial charge on any atom is -0.490 e. The van der Waals surface area contributed by atoms with Crippen LogP contribution in [0.2, 0.25) is 0 Å². The third-order valence-electron chi connectivity index (χ3n) is 4.38. The number of aromatic nitrogens is 2. The number of esters is 1. The third kappa shape index (κ3) is 4.72. The van der Waals surface area contributed by atoms with E-state index < -0.39 is 5.97 Å². The number of fused-ring (bicyclic) bond motifs is 1. The molecule has 0 unspecified atom stereocenters.